The van der Waals surface area contributed by atoms with E-state index in [0.717, 1.165) is 39.3 Å². The SMILES string of the molecule is CCN(CC)CCN=c1cc2c(=O)n(CCN(CC)CC)c(=O)c3ccc4c(O)n(CCN(CC)CC)c(=O)c1c4c3-2. The molecule has 0 radical (unpaired) electrons. The fraction of sp³-hybridized carbons (Fsp3) is 0.562. The normalized spacial score (nSPS) is 12.9. The third kappa shape index (κ3) is 5.80. The molecule has 2 aromatic rings. The van der Waals surface area contributed by atoms with Gasteiger partial charge in [0.05, 0.1) is 22.9 Å². The third-order valence-electron chi connectivity index (χ3n) is 8.83. The van der Waals surface area contributed by atoms with Crippen molar-refractivity contribution in [1.29, 1.82) is 0 Å². The topological polar surface area (TPSA) is 103 Å². The molecule has 42 heavy (non-hydrogen) atoms. The van der Waals surface area contributed by atoms with Crippen LogP contribution < -0.4 is 22.0 Å². The Hall–Kier alpha value is -3.34. The minimum Gasteiger partial charge on any atom is -0.494 e. The molecule has 228 valence electrons. The van der Waals surface area contributed by atoms with Crippen LogP contribution in [0.2, 0.25) is 0 Å². The Morgan fingerprint density at radius 2 is 1.19 bits per heavy atom. The van der Waals surface area contributed by atoms with Crippen molar-refractivity contribution in [1.82, 2.24) is 23.8 Å². The van der Waals surface area contributed by atoms with E-state index in [2.05, 4.69) is 56.2 Å². The van der Waals surface area contributed by atoms with E-state index >= 15 is 0 Å². The summed E-state index contributed by atoms with van der Waals surface area (Å²) in [6.07, 6.45) is 0. The van der Waals surface area contributed by atoms with Crippen molar-refractivity contribution in [3.8, 4) is 17.0 Å². The number of benzene rings is 2. The van der Waals surface area contributed by atoms with Crippen LogP contribution in [0.25, 0.3) is 32.7 Å². The van der Waals surface area contributed by atoms with Crippen LogP contribution in [0.15, 0.2) is 37.6 Å². The van der Waals surface area contributed by atoms with Crippen LogP contribution in [0, 0.1) is 0 Å². The van der Waals surface area contributed by atoms with Crippen molar-refractivity contribution in [2.75, 3.05) is 65.4 Å². The molecule has 0 unspecified atom stereocenters. The summed E-state index contributed by atoms with van der Waals surface area (Å²) in [6, 6.07) is 5.07. The molecular formula is C32H46N6O4. The maximum Gasteiger partial charge on any atom is 0.263 e. The van der Waals surface area contributed by atoms with Crippen molar-refractivity contribution >= 4 is 21.5 Å². The molecule has 0 atom stereocenters. The zero-order valence-electron chi connectivity index (χ0n) is 26.1. The Bertz CT molecular complexity index is 1700. The van der Waals surface area contributed by atoms with E-state index in [1.807, 2.05) is 0 Å². The third-order valence-corrected chi connectivity index (χ3v) is 8.83. The highest BCUT2D eigenvalue weighted by molar-refractivity contribution is 6.15. The summed E-state index contributed by atoms with van der Waals surface area (Å²) in [5.74, 6) is -0.152. The molecule has 0 fully saturated rings. The molecule has 4 rings (SSSR count). The van der Waals surface area contributed by atoms with Crippen molar-refractivity contribution in [3.63, 3.8) is 0 Å². The second-order valence-electron chi connectivity index (χ2n) is 10.7. The maximum atomic E-state index is 14.1. The van der Waals surface area contributed by atoms with E-state index in [1.54, 1.807) is 18.2 Å². The molecule has 1 aliphatic heterocycles. The summed E-state index contributed by atoms with van der Waals surface area (Å²) in [6.45, 7) is 20.4. The number of rotatable bonds is 15. The molecule has 2 heterocycles. The summed E-state index contributed by atoms with van der Waals surface area (Å²) < 4.78 is 2.71. The molecule has 10 heteroatoms. The van der Waals surface area contributed by atoms with Gasteiger partial charge in [-0.1, -0.05) is 41.5 Å². The minimum absolute atomic E-state index is 0.152. The molecule has 2 aliphatic rings. The monoisotopic (exact) mass is 578 g/mol. The number of hydrogen-bond acceptors (Lipinski definition) is 8. The molecule has 0 bridgehead atoms. The van der Waals surface area contributed by atoms with Gasteiger partial charge in [-0.25, -0.2) is 0 Å². The second kappa shape index (κ2) is 13.8. The first-order valence-corrected chi connectivity index (χ1v) is 15.5. The van der Waals surface area contributed by atoms with Crippen molar-refractivity contribution in [2.24, 2.45) is 4.99 Å². The van der Waals surface area contributed by atoms with Crippen molar-refractivity contribution in [3.05, 3.63) is 54.6 Å². The highest BCUT2D eigenvalue weighted by Gasteiger charge is 2.27. The number of hydrogen-bond donors (Lipinski definition) is 1. The highest BCUT2D eigenvalue weighted by atomic mass is 16.3. The Kier molecular flexibility index (Phi) is 10.3. The van der Waals surface area contributed by atoms with Gasteiger partial charge in [0.1, 0.15) is 0 Å². The lowest BCUT2D eigenvalue weighted by atomic mass is 9.90. The lowest BCUT2D eigenvalue weighted by molar-refractivity contribution is 0.281. The second-order valence-corrected chi connectivity index (χ2v) is 10.7. The Labute approximate surface area is 247 Å². The van der Waals surface area contributed by atoms with Crippen LogP contribution in [0.4, 0.5) is 0 Å². The van der Waals surface area contributed by atoms with Crippen LogP contribution in [-0.2, 0) is 13.1 Å². The quantitative estimate of drug-likeness (QED) is 0.216. The molecule has 10 nitrogen and oxygen atoms in total. The molecule has 0 saturated heterocycles. The van der Waals surface area contributed by atoms with E-state index in [1.165, 1.54) is 9.13 Å². The molecular weight excluding hydrogens is 532 g/mol. The van der Waals surface area contributed by atoms with Crippen LogP contribution in [0.3, 0.4) is 0 Å². The predicted molar refractivity (Wildman–Crippen MR) is 171 cm³/mol. The maximum absolute atomic E-state index is 14.1. The molecule has 0 spiro atoms. The molecule has 0 saturated carbocycles. The van der Waals surface area contributed by atoms with Crippen LogP contribution in [0.5, 0.6) is 5.88 Å². The smallest absolute Gasteiger partial charge is 0.263 e. The van der Waals surface area contributed by atoms with Gasteiger partial charge in [0.15, 0.2) is 0 Å². The van der Waals surface area contributed by atoms with Gasteiger partial charge in [0.25, 0.3) is 16.7 Å². The van der Waals surface area contributed by atoms with Gasteiger partial charge in [-0.15, -0.1) is 0 Å². The van der Waals surface area contributed by atoms with E-state index in [0.29, 0.717) is 70.8 Å². The first kappa shape index (κ1) is 31.6. The number of likely N-dealkylation sites (N-methyl/N-ethyl adjacent to an activating group) is 3. The highest BCUT2D eigenvalue weighted by Crippen LogP contribution is 2.36. The van der Waals surface area contributed by atoms with E-state index in [9.17, 15) is 19.5 Å². The van der Waals surface area contributed by atoms with Crippen molar-refractivity contribution in [2.45, 2.75) is 54.6 Å². The Balaban J connectivity index is 2.04. The van der Waals surface area contributed by atoms with Crippen LogP contribution in [-0.4, -0.2) is 94.4 Å². The zero-order valence-corrected chi connectivity index (χ0v) is 26.1. The largest absolute Gasteiger partial charge is 0.494 e. The molecule has 1 N–H and O–H groups in total. The first-order chi connectivity index (χ1) is 20.3. The molecule has 0 amide bonds. The average molecular weight is 579 g/mol. The van der Waals surface area contributed by atoms with Gasteiger partial charge in [-0.05, 0) is 57.5 Å². The summed E-state index contributed by atoms with van der Waals surface area (Å²) in [7, 11) is 0. The van der Waals surface area contributed by atoms with Gasteiger partial charge in [-0.3, -0.25) is 28.5 Å². The predicted octanol–water partition coefficient (Wildman–Crippen LogP) is 2.29. The lowest BCUT2D eigenvalue weighted by Gasteiger charge is -2.22. The number of nitrogens with zero attached hydrogens (tertiary/aromatic N) is 6. The molecule has 1 aromatic carbocycles. The van der Waals surface area contributed by atoms with Gasteiger partial charge >= 0.3 is 0 Å². The summed E-state index contributed by atoms with van der Waals surface area (Å²) in [4.78, 5) is 53.2. The standard InChI is InChI=1S/C32H46N6O4/c1-7-34(8-2)16-15-33-25-21-24-26-22(29(39)37(31(24)41)19-17-35(9-3)10-4)13-14-23-27(26)28(25)32(42)38(30(23)40)20-18-36(11-5)12-6/h13-14,21,40H,7-12,15-20H2,1-6H3. The lowest BCUT2D eigenvalue weighted by Crippen LogP contribution is -2.40. The van der Waals surface area contributed by atoms with Crippen LogP contribution >= 0.6 is 0 Å². The van der Waals surface area contributed by atoms with Gasteiger partial charge in [-0.2, -0.15) is 0 Å². The molecule has 1 aromatic heterocycles. The van der Waals surface area contributed by atoms with Crippen LogP contribution in [0.1, 0.15) is 41.5 Å². The summed E-state index contributed by atoms with van der Waals surface area (Å²) >= 11 is 0. The average Bonchev–Trinajstić information content (AvgIpc) is 3.00. The zero-order chi connectivity index (χ0) is 30.6. The number of aromatic nitrogens is 2. The molecule has 1 aliphatic carbocycles. The fourth-order valence-corrected chi connectivity index (χ4v) is 6.01. The summed E-state index contributed by atoms with van der Waals surface area (Å²) in [5, 5.41) is 13.4. The van der Waals surface area contributed by atoms with Gasteiger partial charge in [0.2, 0.25) is 5.88 Å². The minimum atomic E-state index is -0.389. The van der Waals surface area contributed by atoms with Crippen molar-refractivity contribution < 1.29 is 5.11 Å². The summed E-state index contributed by atoms with van der Waals surface area (Å²) in [5.41, 5.74) is -0.342. The van der Waals surface area contributed by atoms with Gasteiger partial charge < -0.3 is 19.8 Å². The van der Waals surface area contributed by atoms with E-state index < -0.39 is 0 Å². The fourth-order valence-electron chi connectivity index (χ4n) is 6.01. The number of aromatic hydroxyl groups is 1. The Morgan fingerprint density at radius 3 is 1.76 bits per heavy atom. The van der Waals surface area contributed by atoms with E-state index in [-0.39, 0.29) is 29.1 Å². The number of pyridine rings is 2. The van der Waals surface area contributed by atoms with Gasteiger partial charge in [0, 0.05) is 54.4 Å². The Morgan fingerprint density at radius 1 is 0.667 bits per heavy atom. The van der Waals surface area contributed by atoms with E-state index in [4.69, 9.17) is 4.99 Å². The first-order valence-electron chi connectivity index (χ1n) is 15.5.